The summed E-state index contributed by atoms with van der Waals surface area (Å²) in [4.78, 5) is 15.8. The number of rotatable bonds is 3. The van der Waals surface area contributed by atoms with Gasteiger partial charge in [-0.25, -0.2) is 14.4 Å². The number of aromatic nitrogens is 3. The third-order valence-corrected chi connectivity index (χ3v) is 4.27. The summed E-state index contributed by atoms with van der Waals surface area (Å²) in [6, 6.07) is 14.1. The van der Waals surface area contributed by atoms with Crippen LogP contribution in [0.2, 0.25) is 0 Å². The van der Waals surface area contributed by atoms with Crippen LogP contribution in [0.15, 0.2) is 54.7 Å². The van der Waals surface area contributed by atoms with E-state index in [1.54, 1.807) is 18.3 Å². The number of anilines is 1. The summed E-state index contributed by atoms with van der Waals surface area (Å²) < 4.78 is 13.6. The van der Waals surface area contributed by atoms with E-state index in [4.69, 9.17) is 5.73 Å². The Kier molecular flexibility index (Phi) is 4.11. The topological polar surface area (TPSA) is 67.9 Å². The van der Waals surface area contributed by atoms with Gasteiger partial charge in [0.25, 0.3) is 0 Å². The van der Waals surface area contributed by atoms with Crippen molar-refractivity contribution in [2.45, 2.75) is 12.5 Å². The van der Waals surface area contributed by atoms with Gasteiger partial charge in [-0.1, -0.05) is 18.2 Å². The zero-order valence-corrected chi connectivity index (χ0v) is 13.6. The summed E-state index contributed by atoms with van der Waals surface area (Å²) in [5, 5.41) is 0. The van der Waals surface area contributed by atoms with Crippen LogP contribution in [0.3, 0.4) is 0 Å². The first-order valence-corrected chi connectivity index (χ1v) is 8.26. The van der Waals surface area contributed by atoms with Crippen molar-refractivity contribution in [1.29, 1.82) is 0 Å². The van der Waals surface area contributed by atoms with Gasteiger partial charge in [0.15, 0.2) is 5.82 Å². The number of benzene rings is 1. The zero-order chi connectivity index (χ0) is 17.2. The SMILES string of the molecule is NC1CCN(c2cc(-c3ccccn3)nc(-c3cccc(F)c3)n2)C1. The van der Waals surface area contributed by atoms with E-state index in [0.29, 0.717) is 17.1 Å². The van der Waals surface area contributed by atoms with Gasteiger partial charge in [0.05, 0.1) is 11.4 Å². The minimum atomic E-state index is -0.311. The molecule has 1 aliphatic heterocycles. The van der Waals surface area contributed by atoms with Crippen molar-refractivity contribution in [2.75, 3.05) is 18.0 Å². The van der Waals surface area contributed by atoms with Gasteiger partial charge in [0.1, 0.15) is 11.6 Å². The van der Waals surface area contributed by atoms with E-state index in [-0.39, 0.29) is 11.9 Å². The normalized spacial score (nSPS) is 17.0. The highest BCUT2D eigenvalue weighted by Crippen LogP contribution is 2.27. The van der Waals surface area contributed by atoms with Gasteiger partial charge in [0, 0.05) is 37.0 Å². The summed E-state index contributed by atoms with van der Waals surface area (Å²) in [5.74, 6) is 0.968. The van der Waals surface area contributed by atoms with Crippen LogP contribution in [0.5, 0.6) is 0 Å². The van der Waals surface area contributed by atoms with Crippen molar-refractivity contribution in [3.63, 3.8) is 0 Å². The molecule has 4 rings (SSSR count). The molecule has 25 heavy (non-hydrogen) atoms. The van der Waals surface area contributed by atoms with Gasteiger partial charge in [-0.15, -0.1) is 0 Å². The maximum absolute atomic E-state index is 13.6. The molecule has 1 fully saturated rings. The molecule has 1 atom stereocenters. The third-order valence-electron chi connectivity index (χ3n) is 4.27. The quantitative estimate of drug-likeness (QED) is 0.797. The lowest BCUT2D eigenvalue weighted by atomic mass is 10.2. The average molecular weight is 335 g/mol. The first-order chi connectivity index (χ1) is 12.2. The Bertz CT molecular complexity index is 884. The van der Waals surface area contributed by atoms with Gasteiger partial charge in [-0.3, -0.25) is 4.98 Å². The predicted octanol–water partition coefficient (Wildman–Crippen LogP) is 2.88. The van der Waals surface area contributed by atoms with Crippen LogP contribution in [-0.2, 0) is 0 Å². The summed E-state index contributed by atoms with van der Waals surface area (Å²) in [7, 11) is 0. The van der Waals surface area contributed by atoms with Gasteiger partial charge < -0.3 is 10.6 Å². The molecule has 0 saturated carbocycles. The second-order valence-electron chi connectivity index (χ2n) is 6.16. The van der Waals surface area contributed by atoms with E-state index < -0.39 is 0 Å². The molecule has 0 bridgehead atoms. The standard InChI is InChI=1S/C19H18FN5/c20-14-5-3-4-13(10-14)19-23-17(16-6-1-2-8-22-16)11-18(24-19)25-9-7-15(21)12-25/h1-6,8,10-11,15H,7,9,12,21H2. The lowest BCUT2D eigenvalue weighted by molar-refractivity contribution is 0.628. The molecule has 2 N–H and O–H groups in total. The molecule has 0 amide bonds. The van der Waals surface area contributed by atoms with E-state index in [1.807, 2.05) is 24.3 Å². The molecule has 1 unspecified atom stereocenters. The Morgan fingerprint density at radius 2 is 1.96 bits per heavy atom. The Hall–Kier alpha value is -2.86. The van der Waals surface area contributed by atoms with Gasteiger partial charge in [0.2, 0.25) is 0 Å². The molecule has 0 aliphatic carbocycles. The fourth-order valence-electron chi connectivity index (χ4n) is 2.99. The largest absolute Gasteiger partial charge is 0.355 e. The van der Waals surface area contributed by atoms with Gasteiger partial charge >= 0.3 is 0 Å². The maximum Gasteiger partial charge on any atom is 0.162 e. The minimum absolute atomic E-state index is 0.144. The fraction of sp³-hybridized carbons (Fsp3) is 0.211. The van der Waals surface area contributed by atoms with Crippen molar-refractivity contribution in [2.24, 2.45) is 5.73 Å². The number of halogens is 1. The molecule has 2 aromatic heterocycles. The average Bonchev–Trinajstić information content (AvgIpc) is 3.09. The summed E-state index contributed by atoms with van der Waals surface area (Å²) in [6.45, 7) is 1.60. The second kappa shape index (κ2) is 6.57. The highest BCUT2D eigenvalue weighted by molar-refractivity contribution is 5.66. The number of hydrogen-bond donors (Lipinski definition) is 1. The number of hydrogen-bond acceptors (Lipinski definition) is 5. The van der Waals surface area contributed by atoms with Crippen LogP contribution < -0.4 is 10.6 Å². The van der Waals surface area contributed by atoms with Crippen LogP contribution in [0.25, 0.3) is 22.8 Å². The van der Waals surface area contributed by atoms with Crippen molar-refractivity contribution < 1.29 is 4.39 Å². The highest BCUT2D eigenvalue weighted by Gasteiger charge is 2.22. The Morgan fingerprint density at radius 3 is 2.68 bits per heavy atom. The van der Waals surface area contributed by atoms with Crippen LogP contribution in [-0.4, -0.2) is 34.1 Å². The molecule has 1 aromatic carbocycles. The summed E-state index contributed by atoms with van der Waals surface area (Å²) in [6.07, 6.45) is 2.66. The molecule has 0 radical (unpaired) electrons. The smallest absolute Gasteiger partial charge is 0.162 e. The monoisotopic (exact) mass is 335 g/mol. The lowest BCUT2D eigenvalue weighted by Gasteiger charge is -2.18. The molecule has 3 heterocycles. The molecule has 1 aliphatic rings. The van der Waals surface area contributed by atoms with Gasteiger partial charge in [-0.05, 0) is 30.7 Å². The second-order valence-corrected chi connectivity index (χ2v) is 6.16. The van der Waals surface area contributed by atoms with E-state index in [9.17, 15) is 4.39 Å². The highest BCUT2D eigenvalue weighted by atomic mass is 19.1. The number of pyridine rings is 1. The molecule has 6 heteroatoms. The van der Waals surface area contributed by atoms with Crippen LogP contribution in [0.4, 0.5) is 10.2 Å². The molecule has 5 nitrogen and oxygen atoms in total. The van der Waals surface area contributed by atoms with E-state index in [1.165, 1.54) is 12.1 Å². The zero-order valence-electron chi connectivity index (χ0n) is 13.6. The molecular weight excluding hydrogens is 317 g/mol. The first-order valence-electron chi connectivity index (χ1n) is 8.26. The Balaban J connectivity index is 1.83. The predicted molar refractivity (Wildman–Crippen MR) is 95.5 cm³/mol. The molecule has 1 saturated heterocycles. The van der Waals surface area contributed by atoms with Crippen LogP contribution >= 0.6 is 0 Å². The maximum atomic E-state index is 13.6. The minimum Gasteiger partial charge on any atom is -0.355 e. The van der Waals surface area contributed by atoms with E-state index in [2.05, 4.69) is 19.9 Å². The third kappa shape index (κ3) is 3.34. The number of nitrogens with two attached hydrogens (primary N) is 1. The Morgan fingerprint density at radius 1 is 1.04 bits per heavy atom. The first kappa shape index (κ1) is 15.7. The molecular formula is C19H18FN5. The number of nitrogens with zero attached hydrogens (tertiary/aromatic N) is 4. The van der Waals surface area contributed by atoms with Gasteiger partial charge in [-0.2, -0.15) is 0 Å². The molecule has 3 aromatic rings. The molecule has 126 valence electrons. The van der Waals surface area contributed by atoms with E-state index in [0.717, 1.165) is 31.0 Å². The van der Waals surface area contributed by atoms with Crippen molar-refractivity contribution >= 4 is 5.82 Å². The Labute approximate surface area is 145 Å². The molecule has 0 spiro atoms. The van der Waals surface area contributed by atoms with Crippen molar-refractivity contribution in [3.8, 4) is 22.8 Å². The van der Waals surface area contributed by atoms with Crippen molar-refractivity contribution in [3.05, 3.63) is 60.5 Å². The fourth-order valence-corrected chi connectivity index (χ4v) is 2.99. The van der Waals surface area contributed by atoms with Crippen molar-refractivity contribution in [1.82, 2.24) is 15.0 Å². The summed E-state index contributed by atoms with van der Waals surface area (Å²) >= 11 is 0. The van der Waals surface area contributed by atoms with Crippen LogP contribution in [0, 0.1) is 5.82 Å². The van der Waals surface area contributed by atoms with Crippen LogP contribution in [0.1, 0.15) is 6.42 Å². The van der Waals surface area contributed by atoms with E-state index >= 15 is 0 Å². The summed E-state index contributed by atoms with van der Waals surface area (Å²) in [5.41, 5.74) is 8.14. The lowest BCUT2D eigenvalue weighted by Crippen LogP contribution is -2.27.